The van der Waals surface area contributed by atoms with Crippen molar-refractivity contribution < 1.29 is 19.1 Å². The lowest BCUT2D eigenvalue weighted by molar-refractivity contribution is -0.140. The molecule has 5 heterocycles. The monoisotopic (exact) mass is 640 g/mol. The Morgan fingerprint density at radius 3 is 2.57 bits per heavy atom. The van der Waals surface area contributed by atoms with Crippen LogP contribution < -0.4 is 0 Å². The van der Waals surface area contributed by atoms with Crippen LogP contribution in [0.15, 0.2) is 27.0 Å². The molecule has 252 valence electrons. The van der Waals surface area contributed by atoms with Crippen LogP contribution in [0.1, 0.15) is 135 Å². The van der Waals surface area contributed by atoms with Gasteiger partial charge in [-0.25, -0.2) is 0 Å². The highest BCUT2D eigenvalue weighted by Crippen LogP contribution is 2.46. The summed E-state index contributed by atoms with van der Waals surface area (Å²) in [6, 6.07) is 0. The zero-order valence-electron chi connectivity index (χ0n) is 29.4. The number of aromatic nitrogens is 2. The van der Waals surface area contributed by atoms with E-state index in [1.165, 1.54) is 48.8 Å². The third-order valence-electron chi connectivity index (χ3n) is 11.3. The van der Waals surface area contributed by atoms with Gasteiger partial charge in [-0.3, -0.25) is 19.6 Å². The van der Waals surface area contributed by atoms with Gasteiger partial charge in [-0.2, -0.15) is 0 Å². The van der Waals surface area contributed by atoms with Crippen molar-refractivity contribution in [2.45, 2.75) is 118 Å². The van der Waals surface area contributed by atoms with Crippen molar-refractivity contribution >= 4 is 29.3 Å². The second-order valence-electron chi connectivity index (χ2n) is 14.1. The summed E-state index contributed by atoms with van der Waals surface area (Å²) >= 11 is 0. The molecule has 0 saturated heterocycles. The first kappa shape index (κ1) is 33.4. The maximum atomic E-state index is 13.6. The fourth-order valence-corrected chi connectivity index (χ4v) is 8.37. The smallest absolute Gasteiger partial charge is 0.305 e. The standard InChI is InChI=1S/C39H52N4O4/c1-8-10-11-12-15-47-20-28-23(5)29-17-31-22(4)26(13-14-36(45)46-7)38(42-31)27-16-35(44)37-24(6)32(43-39(27)37)19-33-25(9-2)21(3)30(40-33)18-34(28)41-29/h17,22,25-27,41,43H,8-16,18-20H2,1-7H3/t22?,25?,26-,27?/m0/s1. The van der Waals surface area contributed by atoms with Crippen molar-refractivity contribution in [2.24, 2.45) is 27.7 Å². The Morgan fingerprint density at radius 2 is 1.83 bits per heavy atom. The van der Waals surface area contributed by atoms with Gasteiger partial charge in [-0.1, -0.05) is 40.0 Å². The van der Waals surface area contributed by atoms with Crippen molar-refractivity contribution in [3.63, 3.8) is 0 Å². The summed E-state index contributed by atoms with van der Waals surface area (Å²) in [7, 11) is 1.44. The van der Waals surface area contributed by atoms with Crippen molar-refractivity contribution in [2.75, 3.05) is 13.7 Å². The minimum atomic E-state index is -0.219. The van der Waals surface area contributed by atoms with Gasteiger partial charge in [0.05, 0.1) is 13.7 Å². The van der Waals surface area contributed by atoms with E-state index in [0.717, 1.165) is 76.9 Å². The number of allylic oxidation sites excluding steroid dienone is 3. The number of hydrogen-bond acceptors (Lipinski definition) is 6. The highest BCUT2D eigenvalue weighted by Gasteiger charge is 2.44. The second-order valence-corrected chi connectivity index (χ2v) is 14.1. The highest BCUT2D eigenvalue weighted by atomic mass is 16.5. The molecule has 3 unspecified atom stereocenters. The Kier molecular flexibility index (Phi) is 9.88. The average molecular weight is 641 g/mol. The van der Waals surface area contributed by atoms with E-state index in [0.29, 0.717) is 32.3 Å². The number of esters is 1. The first-order valence-electron chi connectivity index (χ1n) is 17.8. The number of ether oxygens (including phenoxy) is 2. The van der Waals surface area contributed by atoms with Crippen molar-refractivity contribution in [1.82, 2.24) is 9.97 Å². The number of hydrogen-bond donors (Lipinski definition) is 2. The highest BCUT2D eigenvalue weighted by molar-refractivity contribution is 6.11. The van der Waals surface area contributed by atoms with E-state index in [9.17, 15) is 9.59 Å². The Balaban J connectivity index is 1.46. The molecule has 6 rings (SSSR count). The molecule has 47 heavy (non-hydrogen) atoms. The molecule has 8 bridgehead atoms. The van der Waals surface area contributed by atoms with Crippen molar-refractivity contribution in [1.29, 1.82) is 0 Å². The number of carbonyl (C=O) groups is 2. The van der Waals surface area contributed by atoms with Gasteiger partial charge in [0, 0.05) is 113 Å². The third kappa shape index (κ3) is 6.26. The molecule has 4 aliphatic rings. The summed E-state index contributed by atoms with van der Waals surface area (Å²) in [5.41, 5.74) is 14.1. The van der Waals surface area contributed by atoms with E-state index in [1.54, 1.807) is 0 Å². The fourth-order valence-electron chi connectivity index (χ4n) is 8.37. The lowest BCUT2D eigenvalue weighted by atomic mass is 9.81. The van der Waals surface area contributed by atoms with Gasteiger partial charge in [0.2, 0.25) is 0 Å². The molecule has 0 saturated carbocycles. The summed E-state index contributed by atoms with van der Waals surface area (Å²) in [5.74, 6) is 0.221. The number of nitrogens with zero attached hydrogens (tertiary/aromatic N) is 2. The van der Waals surface area contributed by atoms with Crippen molar-refractivity contribution in [3.8, 4) is 0 Å². The molecule has 4 atom stereocenters. The first-order valence-corrected chi connectivity index (χ1v) is 17.8. The Morgan fingerprint density at radius 1 is 1.02 bits per heavy atom. The van der Waals surface area contributed by atoms with E-state index in [-0.39, 0.29) is 35.4 Å². The number of H-pyrrole nitrogens is 2. The number of methoxy groups -OCH3 is 1. The van der Waals surface area contributed by atoms with Crippen LogP contribution in [0.5, 0.6) is 0 Å². The molecule has 2 N–H and O–H groups in total. The molecule has 0 amide bonds. The van der Waals surface area contributed by atoms with Crippen LogP contribution in [-0.4, -0.2) is 46.9 Å². The van der Waals surface area contributed by atoms with Crippen LogP contribution in [-0.2, 0) is 33.7 Å². The molecule has 0 aromatic carbocycles. The van der Waals surface area contributed by atoms with E-state index in [2.05, 4.69) is 57.6 Å². The van der Waals surface area contributed by atoms with E-state index in [4.69, 9.17) is 19.5 Å². The molecule has 8 heteroatoms. The summed E-state index contributed by atoms with van der Waals surface area (Å²) in [4.78, 5) is 44.1. The van der Waals surface area contributed by atoms with Gasteiger partial charge in [0.25, 0.3) is 0 Å². The Bertz CT molecular complexity index is 1680. The minimum absolute atomic E-state index is 0.0326. The number of carbonyl (C=O) groups excluding carboxylic acids is 2. The predicted octanol–water partition coefficient (Wildman–Crippen LogP) is 8.28. The van der Waals surface area contributed by atoms with Crippen LogP contribution >= 0.6 is 0 Å². The molecular formula is C39H52N4O4. The third-order valence-corrected chi connectivity index (χ3v) is 11.3. The molecule has 8 nitrogen and oxygen atoms in total. The van der Waals surface area contributed by atoms with Gasteiger partial charge in [-0.15, -0.1) is 0 Å². The molecule has 0 radical (unpaired) electrons. The lowest BCUT2D eigenvalue weighted by Crippen LogP contribution is -2.23. The van der Waals surface area contributed by atoms with Gasteiger partial charge < -0.3 is 19.4 Å². The summed E-state index contributed by atoms with van der Waals surface area (Å²) in [6.45, 7) is 14.5. The second kappa shape index (κ2) is 13.9. The van der Waals surface area contributed by atoms with E-state index < -0.39 is 0 Å². The van der Waals surface area contributed by atoms with Gasteiger partial charge in [0.15, 0.2) is 5.78 Å². The quantitative estimate of drug-likeness (QED) is 0.190. The van der Waals surface area contributed by atoms with Crippen LogP contribution in [0.2, 0.25) is 0 Å². The summed E-state index contributed by atoms with van der Waals surface area (Å²) in [5, 5.41) is 0. The summed E-state index contributed by atoms with van der Waals surface area (Å²) < 4.78 is 11.3. The van der Waals surface area contributed by atoms with Crippen LogP contribution in [0.4, 0.5) is 0 Å². The number of Topliss-reactive ketones (excluding diaryl/α,β-unsaturated/α-hetero) is 1. The number of ketones is 1. The molecule has 0 spiro atoms. The minimum Gasteiger partial charge on any atom is -0.469 e. The van der Waals surface area contributed by atoms with Crippen molar-refractivity contribution in [3.05, 3.63) is 62.0 Å². The van der Waals surface area contributed by atoms with Gasteiger partial charge >= 0.3 is 5.97 Å². The zero-order chi connectivity index (χ0) is 33.4. The Labute approximate surface area is 279 Å². The van der Waals surface area contributed by atoms with Crippen LogP contribution in [0.25, 0.3) is 6.08 Å². The normalized spacial score (nSPS) is 23.4. The number of unbranched alkanes of at least 4 members (excludes halogenated alkanes) is 3. The molecule has 2 aromatic rings. The number of rotatable bonds is 11. The fraction of sp³-hybridized carbons (Fsp3) is 0.590. The van der Waals surface area contributed by atoms with Gasteiger partial charge in [-0.05, 0) is 62.8 Å². The number of aliphatic imine (C=N–C) groups is 2. The SMILES string of the molecule is CCCCCCOCc1c2[nH]c(c1C)C=C1N=C(C3CC(=O)c4c3[nH]c(c4C)CC3=NC(=C(C)C3CC)C2)[C@@H](CCC(=O)OC)C1C. The zero-order valence-corrected chi connectivity index (χ0v) is 29.4. The molecule has 0 fully saturated rings. The van der Waals surface area contributed by atoms with E-state index in [1.807, 2.05) is 0 Å². The number of nitrogens with one attached hydrogen (secondary N) is 2. The molecule has 2 aromatic heterocycles. The Hall–Kier alpha value is -3.52. The topological polar surface area (TPSA) is 109 Å². The maximum absolute atomic E-state index is 13.6. The number of fused-ring (bicyclic) bond motifs is 6. The largest absolute Gasteiger partial charge is 0.469 e. The average Bonchev–Trinajstić information content (AvgIpc) is 3.80. The predicted molar refractivity (Wildman–Crippen MR) is 187 cm³/mol. The maximum Gasteiger partial charge on any atom is 0.305 e. The first-order chi connectivity index (χ1) is 22.7. The van der Waals surface area contributed by atoms with Gasteiger partial charge in [0.1, 0.15) is 0 Å². The molecular weight excluding hydrogens is 588 g/mol. The summed E-state index contributed by atoms with van der Waals surface area (Å²) in [6.07, 6.45) is 10.7. The van der Waals surface area contributed by atoms with E-state index >= 15 is 0 Å². The molecule has 3 aliphatic heterocycles. The molecule has 1 aliphatic carbocycles. The van der Waals surface area contributed by atoms with Crippen LogP contribution in [0, 0.1) is 31.6 Å². The lowest BCUT2D eigenvalue weighted by Gasteiger charge is -2.21. The number of aromatic amines is 2. The van der Waals surface area contributed by atoms with Crippen LogP contribution in [0.3, 0.4) is 0 Å².